The van der Waals surface area contributed by atoms with Crippen molar-refractivity contribution in [3.63, 3.8) is 0 Å². The Bertz CT molecular complexity index is 942. The summed E-state index contributed by atoms with van der Waals surface area (Å²) in [4.78, 5) is 22.7. The fourth-order valence-corrected chi connectivity index (χ4v) is 2.46. The fourth-order valence-electron chi connectivity index (χ4n) is 2.46. The first-order valence-electron chi connectivity index (χ1n) is 7.55. The molecule has 1 heterocycles. The van der Waals surface area contributed by atoms with E-state index in [1.54, 1.807) is 24.3 Å². The minimum atomic E-state index is -0.396. The molecule has 0 atom stereocenters. The first kappa shape index (κ1) is 15.8. The Kier molecular flexibility index (Phi) is 4.33. The van der Waals surface area contributed by atoms with Crippen LogP contribution in [0.4, 0.5) is 5.69 Å². The smallest absolute Gasteiger partial charge is 0.336 e. The van der Waals surface area contributed by atoms with Crippen molar-refractivity contribution in [1.82, 2.24) is 0 Å². The molecule has 5 heteroatoms. The van der Waals surface area contributed by atoms with Gasteiger partial charge in [-0.3, -0.25) is 4.79 Å². The molecule has 0 unspecified atom stereocenters. The molecule has 2 aromatic carbocycles. The van der Waals surface area contributed by atoms with E-state index in [0.29, 0.717) is 17.0 Å². The molecule has 1 aromatic heterocycles. The summed E-state index contributed by atoms with van der Waals surface area (Å²) in [6, 6.07) is 14.2. The molecule has 24 heavy (non-hydrogen) atoms. The fraction of sp³-hybridized carbons (Fsp3) is 0.158. The van der Waals surface area contributed by atoms with Gasteiger partial charge in [-0.05, 0) is 42.8 Å². The highest BCUT2D eigenvalue weighted by Gasteiger charge is 2.07. The zero-order chi connectivity index (χ0) is 17.1. The lowest BCUT2D eigenvalue weighted by molar-refractivity contribution is -0.114. The van der Waals surface area contributed by atoms with E-state index >= 15 is 0 Å². The highest BCUT2D eigenvalue weighted by Crippen LogP contribution is 2.21. The zero-order valence-corrected chi connectivity index (χ0v) is 13.5. The van der Waals surface area contributed by atoms with Crippen molar-refractivity contribution in [1.29, 1.82) is 0 Å². The average Bonchev–Trinajstić information content (AvgIpc) is 2.52. The molecule has 0 saturated carbocycles. The average molecular weight is 323 g/mol. The van der Waals surface area contributed by atoms with Crippen molar-refractivity contribution in [2.24, 2.45) is 0 Å². The van der Waals surface area contributed by atoms with Gasteiger partial charge < -0.3 is 14.5 Å². The Morgan fingerprint density at radius 2 is 1.88 bits per heavy atom. The van der Waals surface area contributed by atoms with Crippen LogP contribution in [0.3, 0.4) is 0 Å². The highest BCUT2D eigenvalue weighted by atomic mass is 16.5. The van der Waals surface area contributed by atoms with Gasteiger partial charge in [0.05, 0.1) is 0 Å². The number of rotatable bonds is 4. The third-order valence-corrected chi connectivity index (χ3v) is 3.55. The molecule has 1 N–H and O–H groups in total. The van der Waals surface area contributed by atoms with Gasteiger partial charge in [-0.2, -0.15) is 0 Å². The molecule has 0 fully saturated rings. The topological polar surface area (TPSA) is 68.5 Å². The number of carbonyl (C=O) groups excluding carboxylic acids is 1. The third kappa shape index (κ3) is 3.63. The van der Waals surface area contributed by atoms with Crippen LogP contribution in [0.15, 0.2) is 57.7 Å². The maximum atomic E-state index is 11.7. The predicted molar refractivity (Wildman–Crippen MR) is 92.3 cm³/mol. The van der Waals surface area contributed by atoms with Gasteiger partial charge in [0.2, 0.25) is 5.91 Å². The van der Waals surface area contributed by atoms with Gasteiger partial charge in [0.25, 0.3) is 0 Å². The SMILES string of the molecule is CC(=O)Nc1ccc(OCc2cc(=O)oc3cc(C)ccc23)cc1. The number of hydrogen-bond acceptors (Lipinski definition) is 4. The summed E-state index contributed by atoms with van der Waals surface area (Å²) < 4.78 is 11.0. The lowest BCUT2D eigenvalue weighted by Gasteiger charge is -2.09. The van der Waals surface area contributed by atoms with Crippen LogP contribution in [0.2, 0.25) is 0 Å². The zero-order valence-electron chi connectivity index (χ0n) is 13.5. The van der Waals surface area contributed by atoms with E-state index in [0.717, 1.165) is 16.5 Å². The number of aryl methyl sites for hydroxylation is 1. The Hall–Kier alpha value is -3.08. The molecule has 0 spiro atoms. The van der Waals surface area contributed by atoms with Gasteiger partial charge in [0, 0.05) is 29.6 Å². The number of carbonyl (C=O) groups is 1. The summed E-state index contributed by atoms with van der Waals surface area (Å²) in [5, 5.41) is 3.55. The molecule has 0 radical (unpaired) electrons. The Morgan fingerprint density at radius 3 is 2.58 bits per heavy atom. The summed E-state index contributed by atoms with van der Waals surface area (Å²) in [5.41, 5.74) is 2.66. The molecule has 3 rings (SSSR count). The second-order valence-electron chi connectivity index (χ2n) is 5.58. The summed E-state index contributed by atoms with van der Waals surface area (Å²) >= 11 is 0. The van der Waals surface area contributed by atoms with Gasteiger partial charge in [0.15, 0.2) is 0 Å². The van der Waals surface area contributed by atoms with E-state index in [4.69, 9.17) is 9.15 Å². The summed E-state index contributed by atoms with van der Waals surface area (Å²) in [6.07, 6.45) is 0. The maximum absolute atomic E-state index is 11.7. The number of anilines is 1. The molecule has 0 aliphatic heterocycles. The van der Waals surface area contributed by atoms with Gasteiger partial charge >= 0.3 is 5.63 Å². The number of ether oxygens (including phenoxy) is 1. The van der Waals surface area contributed by atoms with E-state index in [2.05, 4.69) is 5.32 Å². The van der Waals surface area contributed by atoms with Gasteiger partial charge in [0.1, 0.15) is 17.9 Å². The van der Waals surface area contributed by atoms with Gasteiger partial charge in [-0.1, -0.05) is 12.1 Å². The van der Waals surface area contributed by atoms with Crippen LogP contribution in [0, 0.1) is 6.92 Å². The van der Waals surface area contributed by atoms with Crippen molar-refractivity contribution in [2.45, 2.75) is 20.5 Å². The molecule has 0 aliphatic rings. The van der Waals surface area contributed by atoms with Gasteiger partial charge in [-0.25, -0.2) is 4.79 Å². The van der Waals surface area contributed by atoms with Crippen LogP contribution in [-0.4, -0.2) is 5.91 Å². The number of amides is 1. The number of benzene rings is 2. The molecular formula is C19H17NO4. The number of nitrogens with one attached hydrogen (secondary N) is 1. The normalized spacial score (nSPS) is 10.6. The first-order valence-corrected chi connectivity index (χ1v) is 7.55. The Balaban J connectivity index is 1.80. The number of hydrogen-bond donors (Lipinski definition) is 1. The molecule has 1 amide bonds. The summed E-state index contributed by atoms with van der Waals surface area (Å²) in [5.74, 6) is 0.527. The van der Waals surface area contributed by atoms with E-state index in [9.17, 15) is 9.59 Å². The summed E-state index contributed by atoms with van der Waals surface area (Å²) in [7, 11) is 0. The van der Waals surface area contributed by atoms with E-state index in [1.165, 1.54) is 13.0 Å². The molecule has 0 aliphatic carbocycles. The van der Waals surface area contributed by atoms with E-state index in [-0.39, 0.29) is 12.5 Å². The lowest BCUT2D eigenvalue weighted by Crippen LogP contribution is -2.06. The molecule has 5 nitrogen and oxygen atoms in total. The minimum absolute atomic E-state index is 0.124. The van der Waals surface area contributed by atoms with Crippen LogP contribution < -0.4 is 15.7 Å². The second-order valence-corrected chi connectivity index (χ2v) is 5.58. The van der Waals surface area contributed by atoms with Crippen LogP contribution in [-0.2, 0) is 11.4 Å². The highest BCUT2D eigenvalue weighted by molar-refractivity contribution is 5.88. The van der Waals surface area contributed by atoms with Crippen LogP contribution in [0.25, 0.3) is 11.0 Å². The quantitative estimate of drug-likeness (QED) is 0.744. The van der Waals surface area contributed by atoms with E-state index in [1.807, 2.05) is 25.1 Å². The van der Waals surface area contributed by atoms with Crippen molar-refractivity contribution < 1.29 is 13.9 Å². The molecule has 3 aromatic rings. The molecule has 0 saturated heterocycles. The van der Waals surface area contributed by atoms with Crippen molar-refractivity contribution in [3.8, 4) is 5.75 Å². The first-order chi connectivity index (χ1) is 11.5. The van der Waals surface area contributed by atoms with E-state index < -0.39 is 5.63 Å². The van der Waals surface area contributed by atoms with Crippen molar-refractivity contribution >= 4 is 22.6 Å². The predicted octanol–water partition coefficient (Wildman–Crippen LogP) is 3.64. The largest absolute Gasteiger partial charge is 0.489 e. The maximum Gasteiger partial charge on any atom is 0.336 e. The second kappa shape index (κ2) is 6.58. The van der Waals surface area contributed by atoms with Crippen molar-refractivity contribution in [3.05, 3.63) is 70.1 Å². The standard InChI is InChI=1S/C19H17NO4/c1-12-3-8-17-14(10-19(22)24-18(17)9-12)11-23-16-6-4-15(5-7-16)20-13(2)21/h3-10H,11H2,1-2H3,(H,20,21). The lowest BCUT2D eigenvalue weighted by atomic mass is 10.1. The Morgan fingerprint density at radius 1 is 1.12 bits per heavy atom. The molecule has 0 bridgehead atoms. The van der Waals surface area contributed by atoms with Crippen LogP contribution in [0.1, 0.15) is 18.1 Å². The monoisotopic (exact) mass is 323 g/mol. The van der Waals surface area contributed by atoms with Crippen LogP contribution in [0.5, 0.6) is 5.75 Å². The molecular weight excluding hydrogens is 306 g/mol. The number of fused-ring (bicyclic) bond motifs is 1. The molecule has 122 valence electrons. The summed E-state index contributed by atoms with van der Waals surface area (Å²) in [6.45, 7) is 3.65. The van der Waals surface area contributed by atoms with Crippen LogP contribution >= 0.6 is 0 Å². The Labute approximate surface area is 138 Å². The third-order valence-electron chi connectivity index (χ3n) is 3.55. The van der Waals surface area contributed by atoms with Crippen molar-refractivity contribution in [2.75, 3.05) is 5.32 Å². The minimum Gasteiger partial charge on any atom is -0.489 e. The van der Waals surface area contributed by atoms with Gasteiger partial charge in [-0.15, -0.1) is 0 Å².